The van der Waals surface area contributed by atoms with Crippen molar-refractivity contribution in [1.29, 1.82) is 0 Å². The fourth-order valence-corrected chi connectivity index (χ4v) is 2.98. The van der Waals surface area contributed by atoms with Gasteiger partial charge in [-0.3, -0.25) is 4.79 Å². The molecule has 1 aromatic carbocycles. The minimum absolute atomic E-state index is 0.104. The molecule has 1 aromatic heterocycles. The number of ketones is 1. The largest absolute Gasteiger partial charge is 0.485 e. The first kappa shape index (κ1) is 18.1. The fraction of sp³-hybridized carbons (Fsp3) is 0.318. The standard InChI is InChI=1S/C22H24N2O2/c1-15-9-11-18(12-10-15)13-20-23-16(2)22(21(24-20)17(3)25)26-14-19-7-5-4-6-8-19/h4-9,11H,10,12-14H2,1-3H3. The lowest BCUT2D eigenvalue weighted by Gasteiger charge is -2.15. The Morgan fingerprint density at radius 2 is 1.85 bits per heavy atom. The predicted molar refractivity (Wildman–Crippen MR) is 102 cm³/mol. The molecule has 0 aliphatic heterocycles. The molecule has 0 spiro atoms. The molecule has 1 aliphatic rings. The summed E-state index contributed by atoms with van der Waals surface area (Å²) in [6, 6.07) is 9.87. The number of rotatable bonds is 6. The molecule has 0 radical (unpaired) electrons. The third-order valence-corrected chi connectivity index (χ3v) is 4.47. The molecule has 1 aliphatic carbocycles. The molecule has 4 heteroatoms. The normalized spacial score (nSPS) is 13.8. The number of Topliss-reactive ketones (excluding diaryl/α,β-unsaturated/α-hetero) is 1. The monoisotopic (exact) mass is 348 g/mol. The number of allylic oxidation sites excluding steroid dienone is 4. The fourth-order valence-electron chi connectivity index (χ4n) is 2.98. The zero-order valence-electron chi connectivity index (χ0n) is 15.6. The van der Waals surface area contributed by atoms with Crippen LogP contribution in [0.5, 0.6) is 5.75 Å². The lowest BCUT2D eigenvalue weighted by molar-refractivity contribution is 0.100. The highest BCUT2D eigenvalue weighted by molar-refractivity contribution is 5.95. The number of carbonyl (C=O) groups excluding carboxylic acids is 1. The van der Waals surface area contributed by atoms with Crippen molar-refractivity contribution in [3.8, 4) is 5.75 Å². The molecule has 3 rings (SSSR count). The van der Waals surface area contributed by atoms with Gasteiger partial charge in [0.1, 0.15) is 12.4 Å². The second-order valence-electron chi connectivity index (χ2n) is 6.75. The molecular weight excluding hydrogens is 324 g/mol. The van der Waals surface area contributed by atoms with Crippen LogP contribution in [-0.2, 0) is 13.0 Å². The van der Waals surface area contributed by atoms with Gasteiger partial charge in [-0.2, -0.15) is 0 Å². The van der Waals surface area contributed by atoms with Crippen LogP contribution < -0.4 is 4.74 Å². The van der Waals surface area contributed by atoms with Gasteiger partial charge in [0, 0.05) is 13.3 Å². The van der Waals surface area contributed by atoms with E-state index in [-0.39, 0.29) is 5.78 Å². The summed E-state index contributed by atoms with van der Waals surface area (Å²) < 4.78 is 5.90. The average molecular weight is 348 g/mol. The Labute approximate surface area is 154 Å². The molecule has 4 nitrogen and oxygen atoms in total. The number of nitrogens with zero attached hydrogens (tertiary/aromatic N) is 2. The van der Waals surface area contributed by atoms with E-state index in [4.69, 9.17) is 4.74 Å². The van der Waals surface area contributed by atoms with Crippen LogP contribution in [0.3, 0.4) is 0 Å². The SMILES string of the molecule is CC(=O)c1nc(CC2=CC=C(C)CC2)nc(C)c1OCc1ccccc1. The second kappa shape index (κ2) is 8.09. The van der Waals surface area contributed by atoms with Gasteiger partial charge in [-0.15, -0.1) is 0 Å². The highest BCUT2D eigenvalue weighted by Crippen LogP contribution is 2.25. The van der Waals surface area contributed by atoms with Crippen LogP contribution >= 0.6 is 0 Å². The topological polar surface area (TPSA) is 52.1 Å². The number of ether oxygens (including phenoxy) is 1. The summed E-state index contributed by atoms with van der Waals surface area (Å²) in [7, 11) is 0. The maximum Gasteiger partial charge on any atom is 0.182 e. The number of carbonyl (C=O) groups is 1. The number of aryl methyl sites for hydroxylation is 1. The first-order valence-electron chi connectivity index (χ1n) is 8.93. The van der Waals surface area contributed by atoms with Crippen LogP contribution in [0.15, 0.2) is 53.6 Å². The summed E-state index contributed by atoms with van der Waals surface area (Å²) in [5, 5.41) is 0. The van der Waals surface area contributed by atoms with E-state index in [0.29, 0.717) is 36.0 Å². The molecule has 1 heterocycles. The molecule has 0 saturated heterocycles. The number of hydrogen-bond acceptors (Lipinski definition) is 4. The van der Waals surface area contributed by atoms with Crippen molar-refractivity contribution in [3.63, 3.8) is 0 Å². The van der Waals surface area contributed by atoms with Gasteiger partial charge in [-0.25, -0.2) is 9.97 Å². The third kappa shape index (κ3) is 4.45. The van der Waals surface area contributed by atoms with Gasteiger partial charge >= 0.3 is 0 Å². The first-order chi connectivity index (χ1) is 12.5. The lowest BCUT2D eigenvalue weighted by atomic mass is 9.97. The van der Waals surface area contributed by atoms with Crippen LogP contribution in [-0.4, -0.2) is 15.8 Å². The summed E-state index contributed by atoms with van der Waals surface area (Å²) in [5.41, 5.74) is 4.80. The summed E-state index contributed by atoms with van der Waals surface area (Å²) in [6.07, 6.45) is 7.05. The summed E-state index contributed by atoms with van der Waals surface area (Å²) >= 11 is 0. The van der Waals surface area contributed by atoms with Gasteiger partial charge in [0.15, 0.2) is 17.2 Å². The number of aromatic nitrogens is 2. The highest BCUT2D eigenvalue weighted by Gasteiger charge is 2.18. The smallest absolute Gasteiger partial charge is 0.182 e. The molecular formula is C22H24N2O2. The number of benzene rings is 1. The maximum atomic E-state index is 12.1. The Bertz CT molecular complexity index is 867. The van der Waals surface area contributed by atoms with E-state index in [1.165, 1.54) is 18.1 Å². The molecule has 0 N–H and O–H groups in total. The van der Waals surface area contributed by atoms with E-state index >= 15 is 0 Å². The van der Waals surface area contributed by atoms with Crippen molar-refractivity contribution in [2.75, 3.05) is 0 Å². The molecule has 0 atom stereocenters. The zero-order chi connectivity index (χ0) is 18.5. The molecule has 0 amide bonds. The van der Waals surface area contributed by atoms with Gasteiger partial charge in [-0.1, -0.05) is 53.6 Å². The first-order valence-corrected chi connectivity index (χ1v) is 8.93. The van der Waals surface area contributed by atoms with Crippen LogP contribution in [0.1, 0.15) is 54.3 Å². The van der Waals surface area contributed by atoms with E-state index in [2.05, 4.69) is 29.0 Å². The maximum absolute atomic E-state index is 12.1. The summed E-state index contributed by atoms with van der Waals surface area (Å²) in [4.78, 5) is 21.2. The van der Waals surface area contributed by atoms with Gasteiger partial charge in [0.25, 0.3) is 0 Å². The van der Waals surface area contributed by atoms with Crippen LogP contribution in [0, 0.1) is 6.92 Å². The minimum atomic E-state index is -0.104. The lowest BCUT2D eigenvalue weighted by Crippen LogP contribution is -2.11. The van der Waals surface area contributed by atoms with Crippen molar-refractivity contribution >= 4 is 5.78 Å². The van der Waals surface area contributed by atoms with E-state index in [1.54, 1.807) is 0 Å². The highest BCUT2D eigenvalue weighted by atomic mass is 16.5. The summed E-state index contributed by atoms with van der Waals surface area (Å²) in [5.74, 6) is 1.06. The van der Waals surface area contributed by atoms with Crippen molar-refractivity contribution < 1.29 is 9.53 Å². The van der Waals surface area contributed by atoms with Gasteiger partial charge in [-0.05, 0) is 32.3 Å². The Morgan fingerprint density at radius 3 is 2.50 bits per heavy atom. The molecule has 134 valence electrons. The Hall–Kier alpha value is -2.75. The van der Waals surface area contributed by atoms with Crippen molar-refractivity contribution in [2.45, 2.75) is 46.6 Å². The van der Waals surface area contributed by atoms with Crippen molar-refractivity contribution in [2.24, 2.45) is 0 Å². The molecule has 0 unspecified atom stereocenters. The Morgan fingerprint density at radius 1 is 1.08 bits per heavy atom. The van der Waals surface area contributed by atoms with Crippen molar-refractivity contribution in [1.82, 2.24) is 9.97 Å². The third-order valence-electron chi connectivity index (χ3n) is 4.47. The minimum Gasteiger partial charge on any atom is -0.485 e. The Balaban J connectivity index is 1.83. The van der Waals surface area contributed by atoms with Gasteiger partial charge in [0.2, 0.25) is 0 Å². The van der Waals surface area contributed by atoms with E-state index in [1.807, 2.05) is 37.3 Å². The zero-order valence-corrected chi connectivity index (χ0v) is 15.6. The summed E-state index contributed by atoms with van der Waals surface area (Å²) in [6.45, 7) is 5.92. The molecule has 0 saturated carbocycles. The van der Waals surface area contributed by atoms with Crippen LogP contribution in [0.25, 0.3) is 0 Å². The van der Waals surface area contributed by atoms with E-state index < -0.39 is 0 Å². The van der Waals surface area contributed by atoms with Crippen molar-refractivity contribution in [3.05, 3.63) is 76.4 Å². The second-order valence-corrected chi connectivity index (χ2v) is 6.75. The molecule has 0 fully saturated rings. The quantitative estimate of drug-likeness (QED) is 0.705. The van der Waals surface area contributed by atoms with Gasteiger partial charge in [0.05, 0.1) is 5.69 Å². The van der Waals surface area contributed by atoms with Crippen LogP contribution in [0.2, 0.25) is 0 Å². The Kier molecular flexibility index (Phi) is 5.61. The predicted octanol–water partition coefficient (Wildman–Crippen LogP) is 4.78. The van der Waals surface area contributed by atoms with Crippen LogP contribution in [0.4, 0.5) is 0 Å². The molecule has 0 bridgehead atoms. The van der Waals surface area contributed by atoms with E-state index in [9.17, 15) is 4.79 Å². The molecule has 26 heavy (non-hydrogen) atoms. The molecule has 2 aromatic rings. The van der Waals surface area contributed by atoms with Gasteiger partial charge < -0.3 is 4.74 Å². The van der Waals surface area contributed by atoms with E-state index in [0.717, 1.165) is 18.4 Å². The average Bonchev–Trinajstić information content (AvgIpc) is 2.63. The number of hydrogen-bond donors (Lipinski definition) is 0.